The molecular weight excluding hydrogens is 237 g/mol. The first-order valence-corrected chi connectivity index (χ1v) is 6.77. The highest BCUT2D eigenvalue weighted by molar-refractivity contribution is 5.86. The summed E-state index contributed by atoms with van der Waals surface area (Å²) in [6.07, 6.45) is 1.01. The summed E-state index contributed by atoms with van der Waals surface area (Å²) in [5.41, 5.74) is 1.40. The number of nitrogens with one attached hydrogen (secondary N) is 1. The van der Waals surface area contributed by atoms with Gasteiger partial charge in [-0.2, -0.15) is 0 Å². The maximum atomic E-state index is 13.9. The number of rotatable bonds is 3. The normalized spacial score (nSPS) is 13.7. The van der Waals surface area contributed by atoms with E-state index in [9.17, 15) is 4.39 Å². The summed E-state index contributed by atoms with van der Waals surface area (Å²) in [7, 11) is 1.97. The van der Waals surface area contributed by atoms with Crippen LogP contribution in [0.2, 0.25) is 0 Å². The van der Waals surface area contributed by atoms with Gasteiger partial charge in [0.05, 0.1) is 0 Å². The molecule has 0 bridgehead atoms. The van der Waals surface area contributed by atoms with Crippen LogP contribution in [0.25, 0.3) is 10.8 Å². The first kappa shape index (κ1) is 14.0. The zero-order valence-electron chi connectivity index (χ0n) is 12.1. The highest BCUT2D eigenvalue weighted by Gasteiger charge is 2.20. The van der Waals surface area contributed by atoms with Gasteiger partial charge in [0.25, 0.3) is 0 Å². The molecule has 0 amide bonds. The van der Waals surface area contributed by atoms with Gasteiger partial charge in [0.15, 0.2) is 0 Å². The molecular formula is C17H22FN. The zero-order chi connectivity index (χ0) is 14.0. The van der Waals surface area contributed by atoms with E-state index in [0.717, 1.165) is 11.8 Å². The molecule has 0 saturated carbocycles. The molecule has 0 heterocycles. The van der Waals surface area contributed by atoms with Crippen molar-refractivity contribution < 1.29 is 4.39 Å². The second-order valence-electron chi connectivity index (χ2n) is 6.29. The molecule has 19 heavy (non-hydrogen) atoms. The molecule has 2 aromatic carbocycles. The summed E-state index contributed by atoms with van der Waals surface area (Å²) in [5, 5.41) is 5.07. The molecule has 0 aliphatic rings. The summed E-state index contributed by atoms with van der Waals surface area (Å²) in [4.78, 5) is 0. The Balaban J connectivity index is 2.52. The van der Waals surface area contributed by atoms with Crippen LogP contribution in [0.15, 0.2) is 36.4 Å². The van der Waals surface area contributed by atoms with Crippen LogP contribution in [0.4, 0.5) is 4.39 Å². The van der Waals surface area contributed by atoms with Crippen LogP contribution in [0.3, 0.4) is 0 Å². The lowest BCUT2D eigenvalue weighted by Gasteiger charge is -2.27. The van der Waals surface area contributed by atoms with Crippen molar-refractivity contribution in [3.8, 4) is 0 Å². The Kier molecular flexibility index (Phi) is 3.91. The van der Waals surface area contributed by atoms with Crippen LogP contribution in [0.5, 0.6) is 0 Å². The second-order valence-corrected chi connectivity index (χ2v) is 6.29. The van der Waals surface area contributed by atoms with E-state index in [1.54, 1.807) is 6.07 Å². The predicted molar refractivity (Wildman–Crippen MR) is 79.8 cm³/mol. The van der Waals surface area contributed by atoms with Crippen LogP contribution in [-0.4, -0.2) is 7.05 Å². The van der Waals surface area contributed by atoms with Crippen molar-refractivity contribution >= 4 is 10.8 Å². The molecule has 0 fully saturated rings. The van der Waals surface area contributed by atoms with Crippen molar-refractivity contribution in [3.63, 3.8) is 0 Å². The third-order valence-corrected chi connectivity index (χ3v) is 3.44. The van der Waals surface area contributed by atoms with E-state index in [4.69, 9.17) is 0 Å². The van der Waals surface area contributed by atoms with E-state index in [2.05, 4.69) is 26.1 Å². The van der Waals surface area contributed by atoms with Crippen LogP contribution in [0.1, 0.15) is 38.8 Å². The van der Waals surface area contributed by atoms with Gasteiger partial charge in [-0.3, -0.25) is 0 Å². The fourth-order valence-corrected chi connectivity index (χ4v) is 2.57. The fraction of sp³-hybridized carbons (Fsp3) is 0.412. The van der Waals surface area contributed by atoms with Gasteiger partial charge >= 0.3 is 0 Å². The molecule has 0 aliphatic heterocycles. The van der Waals surface area contributed by atoms with Crippen molar-refractivity contribution in [1.82, 2.24) is 5.32 Å². The number of halogens is 1. The Hall–Kier alpha value is -1.41. The van der Waals surface area contributed by atoms with Gasteiger partial charge in [-0.25, -0.2) is 4.39 Å². The minimum atomic E-state index is -0.148. The van der Waals surface area contributed by atoms with Gasteiger partial charge in [0.1, 0.15) is 5.82 Å². The molecule has 1 N–H and O–H groups in total. The lowest BCUT2D eigenvalue weighted by Crippen LogP contribution is -2.22. The minimum absolute atomic E-state index is 0.148. The lowest BCUT2D eigenvalue weighted by atomic mass is 9.84. The largest absolute Gasteiger partial charge is 0.313 e. The van der Waals surface area contributed by atoms with Gasteiger partial charge in [-0.15, -0.1) is 0 Å². The summed E-state index contributed by atoms with van der Waals surface area (Å²) in [6.45, 7) is 6.68. The number of hydrogen-bond acceptors (Lipinski definition) is 1. The average Bonchev–Trinajstić information content (AvgIpc) is 2.36. The van der Waals surface area contributed by atoms with E-state index in [1.165, 1.54) is 5.56 Å². The second kappa shape index (κ2) is 5.30. The van der Waals surface area contributed by atoms with Crippen molar-refractivity contribution in [2.24, 2.45) is 5.41 Å². The van der Waals surface area contributed by atoms with Crippen LogP contribution in [0, 0.1) is 11.2 Å². The lowest BCUT2D eigenvalue weighted by molar-refractivity contribution is 0.321. The van der Waals surface area contributed by atoms with Crippen molar-refractivity contribution in [1.29, 1.82) is 0 Å². The summed E-state index contributed by atoms with van der Waals surface area (Å²) < 4.78 is 13.9. The molecule has 102 valence electrons. The van der Waals surface area contributed by atoms with E-state index in [1.807, 2.05) is 37.4 Å². The van der Waals surface area contributed by atoms with Crippen LogP contribution in [-0.2, 0) is 0 Å². The van der Waals surface area contributed by atoms with Crippen LogP contribution >= 0.6 is 0 Å². The Morgan fingerprint density at radius 2 is 1.68 bits per heavy atom. The van der Waals surface area contributed by atoms with Gasteiger partial charge in [-0.05, 0) is 35.9 Å². The molecule has 0 radical (unpaired) electrons. The minimum Gasteiger partial charge on any atom is -0.313 e. The summed E-state index contributed by atoms with van der Waals surface area (Å²) in [6, 6.07) is 11.4. The molecule has 0 aromatic heterocycles. The average molecular weight is 259 g/mol. The summed E-state index contributed by atoms with van der Waals surface area (Å²) in [5.74, 6) is -0.148. The number of hydrogen-bond donors (Lipinski definition) is 1. The van der Waals surface area contributed by atoms with Gasteiger partial charge in [0, 0.05) is 11.4 Å². The molecule has 0 saturated heterocycles. The molecule has 2 aromatic rings. The highest BCUT2D eigenvalue weighted by atomic mass is 19.1. The highest BCUT2D eigenvalue weighted by Crippen LogP contribution is 2.33. The molecule has 0 spiro atoms. The summed E-state index contributed by atoms with van der Waals surface area (Å²) >= 11 is 0. The Labute approximate surface area is 114 Å². The fourth-order valence-electron chi connectivity index (χ4n) is 2.57. The van der Waals surface area contributed by atoms with Crippen molar-refractivity contribution in [2.75, 3.05) is 7.05 Å². The van der Waals surface area contributed by atoms with E-state index < -0.39 is 0 Å². The molecule has 2 heteroatoms. The molecule has 2 rings (SSSR count). The Morgan fingerprint density at radius 1 is 1.05 bits per heavy atom. The molecule has 1 nitrogen and oxygen atoms in total. The molecule has 0 aliphatic carbocycles. The third-order valence-electron chi connectivity index (χ3n) is 3.44. The van der Waals surface area contributed by atoms with Crippen molar-refractivity contribution in [2.45, 2.75) is 33.2 Å². The quantitative estimate of drug-likeness (QED) is 0.844. The van der Waals surface area contributed by atoms with E-state index in [0.29, 0.717) is 5.39 Å². The predicted octanol–water partition coefficient (Wildman–Crippen LogP) is 4.68. The Morgan fingerprint density at radius 3 is 2.26 bits per heavy atom. The first-order valence-electron chi connectivity index (χ1n) is 6.77. The van der Waals surface area contributed by atoms with E-state index in [-0.39, 0.29) is 17.3 Å². The van der Waals surface area contributed by atoms with Crippen LogP contribution < -0.4 is 5.32 Å². The topological polar surface area (TPSA) is 12.0 Å². The third kappa shape index (κ3) is 3.13. The maximum absolute atomic E-state index is 13.9. The molecule has 1 atom stereocenters. The number of benzene rings is 2. The zero-order valence-corrected chi connectivity index (χ0v) is 12.1. The SMILES string of the molecule is CNC(CC(C)(C)C)c1ccc(F)c2ccccc12. The smallest absolute Gasteiger partial charge is 0.131 e. The maximum Gasteiger partial charge on any atom is 0.131 e. The van der Waals surface area contributed by atoms with Gasteiger partial charge < -0.3 is 5.32 Å². The number of fused-ring (bicyclic) bond motifs is 1. The van der Waals surface area contributed by atoms with Gasteiger partial charge in [-0.1, -0.05) is 51.1 Å². The van der Waals surface area contributed by atoms with E-state index >= 15 is 0 Å². The Bertz CT molecular complexity index is 569. The van der Waals surface area contributed by atoms with Crippen molar-refractivity contribution in [3.05, 3.63) is 47.8 Å². The molecule has 1 unspecified atom stereocenters. The monoisotopic (exact) mass is 259 g/mol. The van der Waals surface area contributed by atoms with Gasteiger partial charge in [0.2, 0.25) is 0 Å². The first-order chi connectivity index (χ1) is 8.92. The standard InChI is InChI=1S/C17H22FN/c1-17(2,3)11-16(19-4)14-9-10-15(18)13-8-6-5-7-12(13)14/h5-10,16,19H,11H2,1-4H3.